The number of rotatable bonds is 2. The van der Waals surface area contributed by atoms with E-state index in [2.05, 4.69) is 15.3 Å². The van der Waals surface area contributed by atoms with E-state index >= 15 is 0 Å². The van der Waals surface area contributed by atoms with Crippen LogP contribution < -0.4 is 11.1 Å². The summed E-state index contributed by atoms with van der Waals surface area (Å²) < 4.78 is 0. The molecule has 0 saturated carbocycles. The smallest absolute Gasteiger partial charge is 0.269 e. The number of hydrogen-bond donors (Lipinski definition) is 2. The average molecular weight is 206 g/mol. The Hall–Kier alpha value is -1.49. The monoisotopic (exact) mass is 206 g/mol. The predicted molar refractivity (Wildman–Crippen MR) is 55.4 cm³/mol. The zero-order chi connectivity index (χ0) is 10.7. The molecule has 1 aliphatic rings. The Morgan fingerprint density at radius 2 is 2.27 bits per heavy atom. The lowest BCUT2D eigenvalue weighted by Crippen LogP contribution is -2.30. The number of carbonyl (C=O) groups excluding carboxylic acids is 1. The number of hydrogen-bond acceptors (Lipinski definition) is 4. The van der Waals surface area contributed by atoms with Crippen LogP contribution in [0.3, 0.4) is 0 Å². The van der Waals surface area contributed by atoms with Crippen LogP contribution in [0.25, 0.3) is 0 Å². The van der Waals surface area contributed by atoms with Gasteiger partial charge in [0.25, 0.3) is 5.91 Å². The van der Waals surface area contributed by atoms with E-state index in [-0.39, 0.29) is 5.92 Å². The molecule has 0 aromatic carbocycles. The lowest BCUT2D eigenvalue weighted by Gasteiger charge is -2.22. The average Bonchev–Trinajstić information content (AvgIpc) is 2.30. The zero-order valence-electron chi connectivity index (χ0n) is 8.44. The fourth-order valence-electron chi connectivity index (χ4n) is 1.92. The van der Waals surface area contributed by atoms with Gasteiger partial charge in [0.2, 0.25) is 0 Å². The minimum absolute atomic E-state index is 0.259. The molecule has 1 aliphatic heterocycles. The molecule has 0 aliphatic carbocycles. The molecule has 2 rings (SSSR count). The number of piperidine rings is 1. The van der Waals surface area contributed by atoms with Gasteiger partial charge < -0.3 is 11.1 Å². The van der Waals surface area contributed by atoms with Crippen molar-refractivity contribution in [2.75, 3.05) is 13.1 Å². The van der Waals surface area contributed by atoms with Gasteiger partial charge in [-0.2, -0.15) is 0 Å². The summed E-state index contributed by atoms with van der Waals surface area (Å²) in [5.74, 6) is -0.237. The number of aromatic nitrogens is 2. The normalized spacial score (nSPS) is 21.2. The van der Waals surface area contributed by atoms with Crippen LogP contribution >= 0.6 is 0 Å². The van der Waals surface area contributed by atoms with Gasteiger partial charge in [-0.3, -0.25) is 9.78 Å². The van der Waals surface area contributed by atoms with Crippen molar-refractivity contribution in [2.45, 2.75) is 18.8 Å². The third kappa shape index (κ3) is 2.12. The highest BCUT2D eigenvalue weighted by atomic mass is 16.1. The van der Waals surface area contributed by atoms with Crippen LogP contribution in [0.15, 0.2) is 12.4 Å². The Balaban J connectivity index is 2.29. The van der Waals surface area contributed by atoms with Gasteiger partial charge >= 0.3 is 0 Å². The molecule has 0 bridgehead atoms. The summed E-state index contributed by atoms with van der Waals surface area (Å²) in [6.07, 6.45) is 5.24. The molecule has 1 unspecified atom stereocenters. The van der Waals surface area contributed by atoms with Crippen LogP contribution in [0.4, 0.5) is 0 Å². The summed E-state index contributed by atoms with van der Waals surface area (Å²) in [5.41, 5.74) is 6.30. The first kappa shape index (κ1) is 10.0. The van der Waals surface area contributed by atoms with E-state index in [0.717, 1.165) is 31.6 Å². The fourth-order valence-corrected chi connectivity index (χ4v) is 1.92. The highest BCUT2D eigenvalue weighted by Gasteiger charge is 2.22. The maximum atomic E-state index is 11.2. The lowest BCUT2D eigenvalue weighted by atomic mass is 9.94. The molecule has 1 saturated heterocycles. The van der Waals surface area contributed by atoms with Gasteiger partial charge in [-0.25, -0.2) is 4.98 Å². The van der Waals surface area contributed by atoms with Crippen molar-refractivity contribution in [2.24, 2.45) is 5.73 Å². The number of amides is 1. The molecule has 15 heavy (non-hydrogen) atoms. The summed E-state index contributed by atoms with van der Waals surface area (Å²) in [4.78, 5) is 19.4. The molecule has 1 atom stereocenters. The summed E-state index contributed by atoms with van der Waals surface area (Å²) in [5, 5.41) is 3.28. The van der Waals surface area contributed by atoms with Crippen LogP contribution in [-0.4, -0.2) is 29.0 Å². The van der Waals surface area contributed by atoms with Gasteiger partial charge in [0.15, 0.2) is 0 Å². The van der Waals surface area contributed by atoms with Gasteiger partial charge in [0.1, 0.15) is 5.69 Å². The second-order valence-corrected chi connectivity index (χ2v) is 3.70. The molecule has 0 radical (unpaired) electrons. The maximum Gasteiger partial charge on any atom is 0.269 e. The first-order chi connectivity index (χ1) is 7.29. The van der Waals surface area contributed by atoms with Gasteiger partial charge in [0.05, 0.1) is 5.69 Å². The lowest BCUT2D eigenvalue weighted by molar-refractivity contribution is 0.0993. The van der Waals surface area contributed by atoms with Gasteiger partial charge in [-0.1, -0.05) is 0 Å². The molecule has 1 amide bonds. The zero-order valence-corrected chi connectivity index (χ0v) is 8.44. The minimum atomic E-state index is -0.497. The number of primary amides is 1. The van der Waals surface area contributed by atoms with Gasteiger partial charge in [0, 0.05) is 24.9 Å². The number of nitrogens with one attached hydrogen (secondary N) is 1. The van der Waals surface area contributed by atoms with E-state index < -0.39 is 5.91 Å². The van der Waals surface area contributed by atoms with Crippen LogP contribution in [0.2, 0.25) is 0 Å². The second kappa shape index (κ2) is 4.35. The Morgan fingerprint density at radius 3 is 2.93 bits per heavy atom. The molecule has 80 valence electrons. The van der Waals surface area contributed by atoms with Crippen LogP contribution in [-0.2, 0) is 0 Å². The van der Waals surface area contributed by atoms with Crippen molar-refractivity contribution in [3.05, 3.63) is 23.8 Å². The summed E-state index contributed by atoms with van der Waals surface area (Å²) >= 11 is 0. The Bertz CT molecular complexity index is 360. The first-order valence-corrected chi connectivity index (χ1v) is 5.10. The van der Waals surface area contributed by atoms with Crippen molar-refractivity contribution < 1.29 is 4.79 Å². The third-order valence-electron chi connectivity index (χ3n) is 2.64. The molecule has 1 aromatic rings. The second-order valence-electron chi connectivity index (χ2n) is 3.70. The molecule has 0 spiro atoms. The first-order valence-electron chi connectivity index (χ1n) is 5.10. The number of nitrogens with two attached hydrogens (primary N) is 1. The summed E-state index contributed by atoms with van der Waals surface area (Å²) in [6, 6.07) is 0. The van der Waals surface area contributed by atoms with Crippen LogP contribution in [0, 0.1) is 0 Å². The summed E-state index contributed by atoms with van der Waals surface area (Å²) in [6.45, 7) is 1.88. The minimum Gasteiger partial charge on any atom is -0.364 e. The molecule has 1 fully saturated rings. The van der Waals surface area contributed by atoms with Crippen molar-refractivity contribution >= 4 is 5.91 Å². The van der Waals surface area contributed by atoms with Gasteiger partial charge in [-0.05, 0) is 19.4 Å². The Kier molecular flexibility index (Phi) is 2.91. The summed E-state index contributed by atoms with van der Waals surface area (Å²) in [7, 11) is 0. The van der Waals surface area contributed by atoms with Crippen molar-refractivity contribution in [1.29, 1.82) is 0 Å². The molecule has 2 heterocycles. The Labute approximate surface area is 88.1 Å². The molecule has 5 heteroatoms. The SMILES string of the molecule is NC(=O)c1nccnc1C1CCCNC1. The Morgan fingerprint density at radius 1 is 1.47 bits per heavy atom. The van der Waals surface area contributed by atoms with Crippen molar-refractivity contribution in [1.82, 2.24) is 15.3 Å². The highest BCUT2D eigenvalue weighted by Crippen LogP contribution is 2.22. The van der Waals surface area contributed by atoms with E-state index in [1.54, 1.807) is 6.20 Å². The predicted octanol–water partition coefficient (Wildman–Crippen LogP) is 0.0425. The standard InChI is InChI=1S/C10H14N4O/c11-10(15)9-8(13-4-5-14-9)7-2-1-3-12-6-7/h4-5,7,12H,1-3,6H2,(H2,11,15). The van der Waals surface area contributed by atoms with Gasteiger partial charge in [-0.15, -0.1) is 0 Å². The third-order valence-corrected chi connectivity index (χ3v) is 2.64. The van der Waals surface area contributed by atoms with E-state index in [9.17, 15) is 4.79 Å². The van der Waals surface area contributed by atoms with E-state index in [1.165, 1.54) is 6.20 Å². The van der Waals surface area contributed by atoms with Crippen LogP contribution in [0.5, 0.6) is 0 Å². The van der Waals surface area contributed by atoms with E-state index in [1.807, 2.05) is 0 Å². The van der Waals surface area contributed by atoms with Crippen molar-refractivity contribution in [3.63, 3.8) is 0 Å². The number of nitrogens with zero attached hydrogens (tertiary/aromatic N) is 2. The topological polar surface area (TPSA) is 80.9 Å². The maximum absolute atomic E-state index is 11.2. The fraction of sp³-hybridized carbons (Fsp3) is 0.500. The van der Waals surface area contributed by atoms with E-state index in [0.29, 0.717) is 5.69 Å². The molecule has 1 aromatic heterocycles. The number of carbonyl (C=O) groups is 1. The molecular formula is C10H14N4O. The highest BCUT2D eigenvalue weighted by molar-refractivity contribution is 5.91. The molecule has 3 N–H and O–H groups in total. The van der Waals surface area contributed by atoms with Crippen molar-refractivity contribution in [3.8, 4) is 0 Å². The molecular weight excluding hydrogens is 192 g/mol. The molecule has 5 nitrogen and oxygen atoms in total. The quantitative estimate of drug-likeness (QED) is 0.716. The largest absolute Gasteiger partial charge is 0.364 e. The van der Waals surface area contributed by atoms with Crippen LogP contribution in [0.1, 0.15) is 34.9 Å². The van der Waals surface area contributed by atoms with E-state index in [4.69, 9.17) is 5.73 Å².